The predicted octanol–water partition coefficient (Wildman–Crippen LogP) is 5.08. The van der Waals surface area contributed by atoms with Crippen LogP contribution >= 0.6 is 11.6 Å². The molecule has 0 radical (unpaired) electrons. The second kappa shape index (κ2) is 9.05. The van der Waals surface area contributed by atoms with Crippen LogP contribution in [0.25, 0.3) is 0 Å². The number of likely N-dealkylation sites (tertiary alicyclic amines) is 1. The van der Waals surface area contributed by atoms with Crippen LogP contribution in [-0.2, 0) is 0 Å². The quantitative estimate of drug-likeness (QED) is 0.704. The highest BCUT2D eigenvalue weighted by atomic mass is 35.5. The minimum atomic E-state index is -0.433. The summed E-state index contributed by atoms with van der Waals surface area (Å²) in [6.07, 6.45) is 9.18. The van der Waals surface area contributed by atoms with Crippen LogP contribution < -0.4 is 10.6 Å². The van der Waals surface area contributed by atoms with Gasteiger partial charge in [-0.05, 0) is 75.7 Å². The van der Waals surface area contributed by atoms with Crippen LogP contribution in [0.15, 0.2) is 30.6 Å². The molecular weight excluding hydrogens is 377 g/mol. The van der Waals surface area contributed by atoms with Gasteiger partial charge in [0, 0.05) is 24.3 Å². The van der Waals surface area contributed by atoms with Crippen LogP contribution in [0.5, 0.6) is 0 Å². The lowest BCUT2D eigenvalue weighted by atomic mass is 9.85. The summed E-state index contributed by atoms with van der Waals surface area (Å²) in [7, 11) is 0. The number of rotatable bonds is 6. The molecule has 0 spiro atoms. The number of hydrogen-bond acceptors (Lipinski definition) is 5. The molecule has 2 N–H and O–H groups in total. The van der Waals surface area contributed by atoms with Crippen LogP contribution in [-0.4, -0.2) is 40.5 Å². The number of anilines is 3. The van der Waals surface area contributed by atoms with Gasteiger partial charge in [-0.15, -0.1) is 0 Å². The minimum absolute atomic E-state index is 0.0862. The van der Waals surface area contributed by atoms with E-state index in [0.29, 0.717) is 17.5 Å². The number of nitrogens with one attached hydrogen (secondary N) is 2. The summed E-state index contributed by atoms with van der Waals surface area (Å²) in [5.74, 6) is 1.87. The number of aromatic nitrogens is 2. The van der Waals surface area contributed by atoms with Crippen molar-refractivity contribution in [1.29, 1.82) is 0 Å². The molecule has 1 aliphatic heterocycles. The van der Waals surface area contributed by atoms with Crippen molar-refractivity contribution in [3.8, 4) is 0 Å². The number of hydrogen-bond donors (Lipinski definition) is 2. The van der Waals surface area contributed by atoms with Gasteiger partial charge in [0.05, 0.1) is 5.02 Å². The number of halogens is 2. The van der Waals surface area contributed by atoms with Gasteiger partial charge in [0.2, 0.25) is 0 Å². The van der Waals surface area contributed by atoms with E-state index in [4.69, 9.17) is 11.6 Å². The Morgan fingerprint density at radius 2 is 1.79 bits per heavy atom. The zero-order valence-electron chi connectivity index (χ0n) is 16.0. The fourth-order valence-electron chi connectivity index (χ4n) is 4.26. The summed E-state index contributed by atoms with van der Waals surface area (Å²) in [5, 5.41) is 6.79. The first-order valence-corrected chi connectivity index (χ1v) is 10.6. The number of nitrogens with zero attached hydrogens (tertiary/aromatic N) is 3. The van der Waals surface area contributed by atoms with Crippen molar-refractivity contribution >= 4 is 28.9 Å². The molecule has 7 heteroatoms. The summed E-state index contributed by atoms with van der Waals surface area (Å²) < 4.78 is 13.3. The zero-order valence-corrected chi connectivity index (χ0v) is 16.8. The molecule has 2 heterocycles. The lowest BCUT2D eigenvalue weighted by molar-refractivity contribution is 0.228. The molecule has 1 aliphatic carbocycles. The second-order valence-corrected chi connectivity index (χ2v) is 8.32. The van der Waals surface area contributed by atoms with Crippen LogP contribution in [0.1, 0.15) is 38.5 Å². The standard InChI is InChI=1S/C21H27ClFN5/c22-18-11-17(7-8-19(18)23)27-21-12-20(24-14-25-21)26-16-5-3-15(4-6-16)13-28-9-1-2-10-28/h7-8,11-12,14-16H,1-6,9-10,13H2,(H2,24,25,26,27). The maximum atomic E-state index is 13.3. The molecule has 0 amide bonds. The van der Waals surface area contributed by atoms with E-state index in [9.17, 15) is 4.39 Å². The molecule has 2 fully saturated rings. The number of benzene rings is 1. The highest BCUT2D eigenvalue weighted by Crippen LogP contribution is 2.28. The van der Waals surface area contributed by atoms with Crippen LogP contribution in [0.2, 0.25) is 5.02 Å². The topological polar surface area (TPSA) is 53.1 Å². The Labute approximate surface area is 170 Å². The van der Waals surface area contributed by atoms with Gasteiger partial charge in [-0.1, -0.05) is 11.6 Å². The molecule has 2 aliphatic rings. The fraction of sp³-hybridized carbons (Fsp3) is 0.524. The summed E-state index contributed by atoms with van der Waals surface area (Å²) in [6.45, 7) is 3.84. The Bertz CT molecular complexity index is 788. The van der Waals surface area contributed by atoms with E-state index in [1.807, 2.05) is 6.07 Å². The lowest BCUT2D eigenvalue weighted by Crippen LogP contribution is -2.32. The third kappa shape index (κ3) is 5.11. The zero-order chi connectivity index (χ0) is 19.3. The van der Waals surface area contributed by atoms with E-state index in [1.54, 1.807) is 12.1 Å². The van der Waals surface area contributed by atoms with Crippen molar-refractivity contribution in [2.45, 2.75) is 44.6 Å². The first-order chi connectivity index (χ1) is 13.7. The van der Waals surface area contributed by atoms with Gasteiger partial charge >= 0.3 is 0 Å². The Kier molecular flexibility index (Phi) is 6.27. The molecule has 4 rings (SSSR count). The normalized spacial score (nSPS) is 22.9. The van der Waals surface area contributed by atoms with Crippen molar-refractivity contribution in [2.24, 2.45) is 5.92 Å². The van der Waals surface area contributed by atoms with Crippen molar-refractivity contribution in [3.63, 3.8) is 0 Å². The third-order valence-electron chi connectivity index (χ3n) is 5.77. The average Bonchev–Trinajstić information content (AvgIpc) is 3.20. The fourth-order valence-corrected chi connectivity index (χ4v) is 4.44. The summed E-state index contributed by atoms with van der Waals surface area (Å²) >= 11 is 5.84. The SMILES string of the molecule is Fc1ccc(Nc2cc(NC3CCC(CN4CCCC4)CC3)ncn2)cc1Cl. The third-order valence-corrected chi connectivity index (χ3v) is 6.06. The van der Waals surface area contributed by atoms with Gasteiger partial charge < -0.3 is 15.5 Å². The minimum Gasteiger partial charge on any atom is -0.367 e. The average molecular weight is 404 g/mol. The molecule has 5 nitrogen and oxygen atoms in total. The van der Waals surface area contributed by atoms with Crippen molar-refractivity contribution in [2.75, 3.05) is 30.3 Å². The molecule has 0 unspecified atom stereocenters. The molecular formula is C21H27ClFN5. The maximum Gasteiger partial charge on any atom is 0.141 e. The van der Waals surface area contributed by atoms with Gasteiger partial charge in [0.1, 0.15) is 23.8 Å². The smallest absolute Gasteiger partial charge is 0.141 e. The van der Waals surface area contributed by atoms with Gasteiger partial charge in [-0.3, -0.25) is 0 Å². The molecule has 2 aromatic rings. The molecule has 1 aromatic heterocycles. The highest BCUT2D eigenvalue weighted by molar-refractivity contribution is 6.31. The highest BCUT2D eigenvalue weighted by Gasteiger charge is 2.24. The second-order valence-electron chi connectivity index (χ2n) is 7.91. The van der Waals surface area contributed by atoms with Crippen LogP contribution in [0, 0.1) is 11.7 Å². The maximum absolute atomic E-state index is 13.3. The first kappa shape index (κ1) is 19.4. The van der Waals surface area contributed by atoms with Gasteiger partial charge in [0.15, 0.2) is 0 Å². The Morgan fingerprint density at radius 1 is 1.04 bits per heavy atom. The molecule has 28 heavy (non-hydrogen) atoms. The van der Waals surface area contributed by atoms with E-state index in [0.717, 1.165) is 11.7 Å². The first-order valence-electron chi connectivity index (χ1n) is 10.2. The lowest BCUT2D eigenvalue weighted by Gasteiger charge is -2.31. The van der Waals surface area contributed by atoms with Crippen molar-refractivity contribution in [3.05, 3.63) is 41.4 Å². The molecule has 1 aromatic carbocycles. The van der Waals surface area contributed by atoms with E-state index in [2.05, 4.69) is 25.5 Å². The van der Waals surface area contributed by atoms with Crippen LogP contribution in [0.4, 0.5) is 21.7 Å². The molecule has 1 saturated carbocycles. The predicted molar refractivity (Wildman–Crippen MR) is 112 cm³/mol. The van der Waals surface area contributed by atoms with Gasteiger partial charge in [-0.25, -0.2) is 14.4 Å². The van der Waals surface area contributed by atoms with Gasteiger partial charge in [0.25, 0.3) is 0 Å². The van der Waals surface area contributed by atoms with E-state index >= 15 is 0 Å². The Balaban J connectivity index is 1.29. The van der Waals surface area contributed by atoms with Gasteiger partial charge in [-0.2, -0.15) is 0 Å². The van der Waals surface area contributed by atoms with Crippen LogP contribution in [0.3, 0.4) is 0 Å². The van der Waals surface area contributed by atoms with E-state index in [-0.39, 0.29) is 5.02 Å². The summed E-state index contributed by atoms with van der Waals surface area (Å²) in [6, 6.07) is 6.86. The van der Waals surface area contributed by atoms with Crippen molar-refractivity contribution in [1.82, 2.24) is 14.9 Å². The summed E-state index contributed by atoms with van der Waals surface area (Å²) in [5.41, 5.74) is 0.693. The van der Waals surface area contributed by atoms with Crippen molar-refractivity contribution < 1.29 is 4.39 Å². The van der Waals surface area contributed by atoms with E-state index in [1.165, 1.54) is 70.6 Å². The molecule has 0 atom stereocenters. The summed E-state index contributed by atoms with van der Waals surface area (Å²) in [4.78, 5) is 11.2. The molecule has 0 bridgehead atoms. The monoisotopic (exact) mass is 403 g/mol. The molecule has 150 valence electrons. The Morgan fingerprint density at radius 3 is 2.54 bits per heavy atom. The largest absolute Gasteiger partial charge is 0.367 e. The molecule has 1 saturated heterocycles. The van der Waals surface area contributed by atoms with E-state index < -0.39 is 5.82 Å². The Hall–Kier alpha value is -1.92.